The van der Waals surface area contributed by atoms with Gasteiger partial charge in [-0.3, -0.25) is 4.79 Å². The van der Waals surface area contributed by atoms with E-state index in [4.69, 9.17) is 15.2 Å². The Morgan fingerprint density at radius 1 is 1.14 bits per heavy atom. The molecule has 0 atom stereocenters. The molecular weight excluding hydrogens is 386 g/mol. The zero-order valence-electron chi connectivity index (χ0n) is 16.2. The van der Waals surface area contributed by atoms with E-state index in [1.165, 1.54) is 11.3 Å². The van der Waals surface area contributed by atoms with Crippen molar-refractivity contribution in [3.05, 3.63) is 59.0 Å². The number of hydrogen-bond acceptors (Lipinski definition) is 6. The van der Waals surface area contributed by atoms with Crippen molar-refractivity contribution in [2.24, 2.45) is 0 Å². The minimum atomic E-state index is -0.208. The number of nitrogen functional groups attached to an aromatic ring is 1. The first kappa shape index (κ1) is 19.0. The molecule has 0 aliphatic heterocycles. The van der Waals surface area contributed by atoms with Crippen molar-refractivity contribution in [1.82, 2.24) is 10.3 Å². The van der Waals surface area contributed by atoms with Crippen LogP contribution in [0.25, 0.3) is 21.1 Å². The van der Waals surface area contributed by atoms with Gasteiger partial charge < -0.3 is 20.5 Å². The monoisotopic (exact) mass is 407 g/mol. The molecule has 0 fully saturated rings. The molecule has 0 aliphatic carbocycles. The number of nitrogens with two attached hydrogens (primary N) is 1. The zero-order valence-corrected chi connectivity index (χ0v) is 17.0. The van der Waals surface area contributed by atoms with Crippen LogP contribution in [-0.2, 0) is 6.54 Å². The van der Waals surface area contributed by atoms with E-state index in [9.17, 15) is 4.79 Å². The maximum Gasteiger partial charge on any atom is 0.263 e. The highest BCUT2D eigenvalue weighted by Gasteiger charge is 2.18. The number of nitrogens with one attached hydrogen (secondary N) is 1. The van der Waals surface area contributed by atoms with Crippen molar-refractivity contribution in [2.45, 2.75) is 13.5 Å². The number of ether oxygens (including phenoxy) is 2. The molecule has 2 aromatic heterocycles. The predicted octanol–water partition coefficient (Wildman–Crippen LogP) is 4.37. The molecule has 148 valence electrons. The molecule has 7 heteroatoms. The van der Waals surface area contributed by atoms with Crippen LogP contribution in [0.2, 0.25) is 0 Å². The van der Waals surface area contributed by atoms with Gasteiger partial charge in [-0.1, -0.05) is 12.1 Å². The predicted molar refractivity (Wildman–Crippen MR) is 117 cm³/mol. The summed E-state index contributed by atoms with van der Waals surface area (Å²) in [5.74, 6) is 1.34. The molecule has 0 aliphatic rings. The number of amides is 1. The van der Waals surface area contributed by atoms with Gasteiger partial charge >= 0.3 is 0 Å². The first-order valence-corrected chi connectivity index (χ1v) is 10.1. The van der Waals surface area contributed by atoms with E-state index < -0.39 is 0 Å². The lowest BCUT2D eigenvalue weighted by Gasteiger charge is -2.06. The normalized spacial score (nSPS) is 11.0. The van der Waals surface area contributed by atoms with E-state index in [1.807, 2.05) is 55.5 Å². The highest BCUT2D eigenvalue weighted by molar-refractivity contribution is 7.21. The molecule has 0 saturated carbocycles. The lowest BCUT2D eigenvalue weighted by Crippen LogP contribution is -2.22. The smallest absolute Gasteiger partial charge is 0.263 e. The zero-order chi connectivity index (χ0) is 20.4. The molecule has 0 spiro atoms. The van der Waals surface area contributed by atoms with Crippen LogP contribution in [0.3, 0.4) is 0 Å². The van der Waals surface area contributed by atoms with Gasteiger partial charge in [0.15, 0.2) is 0 Å². The fraction of sp³-hybridized carbons (Fsp3) is 0.182. The maximum absolute atomic E-state index is 12.7. The van der Waals surface area contributed by atoms with E-state index >= 15 is 0 Å². The first-order valence-electron chi connectivity index (χ1n) is 9.25. The summed E-state index contributed by atoms with van der Waals surface area (Å²) in [5, 5.41) is 4.67. The van der Waals surface area contributed by atoms with Gasteiger partial charge in [0.2, 0.25) is 0 Å². The van der Waals surface area contributed by atoms with Crippen molar-refractivity contribution in [3.63, 3.8) is 0 Å². The summed E-state index contributed by atoms with van der Waals surface area (Å²) < 4.78 is 10.7. The fourth-order valence-corrected chi connectivity index (χ4v) is 4.11. The van der Waals surface area contributed by atoms with Gasteiger partial charge in [0.1, 0.15) is 21.2 Å². The van der Waals surface area contributed by atoms with Crippen molar-refractivity contribution < 1.29 is 14.3 Å². The second-order valence-electron chi connectivity index (χ2n) is 6.50. The average Bonchev–Trinajstić information content (AvgIpc) is 3.06. The molecule has 0 radical (unpaired) electrons. The van der Waals surface area contributed by atoms with E-state index in [0.717, 1.165) is 38.2 Å². The highest BCUT2D eigenvalue weighted by atomic mass is 32.1. The van der Waals surface area contributed by atoms with Crippen LogP contribution < -0.4 is 20.5 Å². The Kier molecular flexibility index (Phi) is 5.22. The van der Waals surface area contributed by atoms with Crippen LogP contribution in [0.15, 0.2) is 48.5 Å². The minimum absolute atomic E-state index is 0.208. The lowest BCUT2D eigenvalue weighted by atomic mass is 10.1. The van der Waals surface area contributed by atoms with Crippen LogP contribution in [0.1, 0.15) is 22.2 Å². The van der Waals surface area contributed by atoms with Crippen LogP contribution in [-0.4, -0.2) is 24.6 Å². The fourth-order valence-electron chi connectivity index (χ4n) is 3.11. The number of thiophene rings is 1. The summed E-state index contributed by atoms with van der Waals surface area (Å²) >= 11 is 1.30. The van der Waals surface area contributed by atoms with Crippen LogP contribution in [0.4, 0.5) is 5.69 Å². The van der Waals surface area contributed by atoms with Gasteiger partial charge in [0, 0.05) is 23.4 Å². The summed E-state index contributed by atoms with van der Waals surface area (Å²) in [4.78, 5) is 18.6. The molecule has 3 N–H and O–H groups in total. The first-order chi connectivity index (χ1) is 14.1. The van der Waals surface area contributed by atoms with Gasteiger partial charge in [-0.2, -0.15) is 0 Å². The Morgan fingerprint density at radius 3 is 2.62 bits per heavy atom. The van der Waals surface area contributed by atoms with Gasteiger partial charge in [-0.25, -0.2) is 4.98 Å². The second kappa shape index (κ2) is 7.97. The Balaban J connectivity index is 1.59. The molecule has 0 unspecified atom stereocenters. The summed E-state index contributed by atoms with van der Waals surface area (Å²) in [6, 6.07) is 15.3. The van der Waals surface area contributed by atoms with Gasteiger partial charge in [0.25, 0.3) is 5.91 Å². The number of carbonyl (C=O) groups is 1. The molecule has 29 heavy (non-hydrogen) atoms. The van der Waals surface area contributed by atoms with Crippen molar-refractivity contribution in [1.29, 1.82) is 0 Å². The summed E-state index contributed by atoms with van der Waals surface area (Å²) in [7, 11) is 1.62. The number of aromatic nitrogens is 1. The van der Waals surface area contributed by atoms with Crippen molar-refractivity contribution in [3.8, 4) is 11.5 Å². The summed E-state index contributed by atoms with van der Waals surface area (Å²) in [5.41, 5.74) is 8.54. The summed E-state index contributed by atoms with van der Waals surface area (Å²) in [6.45, 7) is 2.94. The molecule has 2 aromatic carbocycles. The number of nitrogens with zero attached hydrogens (tertiary/aromatic N) is 1. The number of carbonyl (C=O) groups excluding carboxylic acids is 1. The average molecular weight is 407 g/mol. The third-order valence-corrected chi connectivity index (χ3v) is 5.73. The number of methoxy groups -OCH3 is 1. The largest absolute Gasteiger partial charge is 0.497 e. The standard InChI is InChI=1S/C22H21N3O3S/c1-3-28-16-9-6-14-10-17-19(23)20(29-22(17)25-18(14)11-16)21(26)24-12-13-4-7-15(27-2)8-5-13/h4-11H,3,12,23H2,1-2H3,(H,24,26). The molecule has 1 amide bonds. The minimum Gasteiger partial charge on any atom is -0.497 e. The number of fused-ring (bicyclic) bond motifs is 2. The molecule has 0 bridgehead atoms. The van der Waals surface area contributed by atoms with Gasteiger partial charge in [0.05, 0.1) is 24.9 Å². The summed E-state index contributed by atoms with van der Waals surface area (Å²) in [6.07, 6.45) is 0. The third kappa shape index (κ3) is 3.82. The van der Waals surface area contributed by atoms with Gasteiger partial charge in [-0.15, -0.1) is 11.3 Å². The van der Waals surface area contributed by atoms with Crippen LogP contribution in [0, 0.1) is 0 Å². The van der Waals surface area contributed by atoms with Gasteiger partial charge in [-0.05, 0) is 42.8 Å². The Bertz CT molecular complexity index is 1190. The number of hydrogen-bond donors (Lipinski definition) is 2. The molecule has 4 aromatic rings. The molecule has 4 rings (SSSR count). The van der Waals surface area contributed by atoms with E-state index in [0.29, 0.717) is 23.7 Å². The van der Waals surface area contributed by atoms with Crippen LogP contribution >= 0.6 is 11.3 Å². The molecule has 2 heterocycles. The van der Waals surface area contributed by atoms with E-state index in [2.05, 4.69) is 10.3 Å². The molecular formula is C22H21N3O3S. The Labute approximate surface area is 172 Å². The van der Waals surface area contributed by atoms with E-state index in [1.54, 1.807) is 7.11 Å². The van der Waals surface area contributed by atoms with Crippen LogP contribution in [0.5, 0.6) is 11.5 Å². The number of pyridine rings is 1. The lowest BCUT2D eigenvalue weighted by molar-refractivity contribution is 0.0956. The third-order valence-electron chi connectivity index (χ3n) is 4.62. The van der Waals surface area contributed by atoms with Crippen molar-refractivity contribution >= 4 is 44.1 Å². The number of anilines is 1. The second-order valence-corrected chi connectivity index (χ2v) is 7.50. The van der Waals surface area contributed by atoms with E-state index in [-0.39, 0.29) is 5.91 Å². The number of benzene rings is 2. The Hall–Kier alpha value is -3.32. The number of rotatable bonds is 6. The SMILES string of the molecule is CCOc1ccc2cc3c(N)c(C(=O)NCc4ccc(OC)cc4)sc3nc2c1. The highest BCUT2D eigenvalue weighted by Crippen LogP contribution is 2.35. The maximum atomic E-state index is 12.7. The quantitative estimate of drug-likeness (QED) is 0.496. The van der Waals surface area contributed by atoms with Crippen molar-refractivity contribution in [2.75, 3.05) is 19.5 Å². The topological polar surface area (TPSA) is 86.5 Å². The molecule has 0 saturated heterocycles. The molecule has 6 nitrogen and oxygen atoms in total. The Morgan fingerprint density at radius 2 is 1.90 bits per heavy atom.